The van der Waals surface area contributed by atoms with Crippen molar-refractivity contribution in [2.24, 2.45) is 5.92 Å². The summed E-state index contributed by atoms with van der Waals surface area (Å²) >= 11 is 0. The van der Waals surface area contributed by atoms with E-state index < -0.39 is 23.4 Å². The largest absolute Gasteiger partial charge is 0.481 e. The lowest BCUT2D eigenvalue weighted by molar-refractivity contribution is -0.167. The zero-order valence-corrected chi connectivity index (χ0v) is 34.6. The van der Waals surface area contributed by atoms with E-state index in [1.54, 1.807) is 4.90 Å². The van der Waals surface area contributed by atoms with Crippen LogP contribution in [0.2, 0.25) is 0 Å². The predicted molar refractivity (Wildman–Crippen MR) is 217 cm³/mol. The summed E-state index contributed by atoms with van der Waals surface area (Å²) in [7, 11) is 0. The van der Waals surface area contributed by atoms with Gasteiger partial charge >= 0.3 is 11.9 Å². The van der Waals surface area contributed by atoms with Gasteiger partial charge in [0.05, 0.1) is 6.42 Å². The van der Waals surface area contributed by atoms with Crippen LogP contribution in [0.1, 0.15) is 252 Å². The Bertz CT molecular complexity index is 816. The smallest absolute Gasteiger partial charge is 0.329 e. The molecule has 0 spiro atoms. The van der Waals surface area contributed by atoms with Gasteiger partial charge in [0, 0.05) is 18.9 Å². The Morgan fingerprint density at radius 2 is 0.824 bits per heavy atom. The second-order valence-corrected chi connectivity index (χ2v) is 15.9. The summed E-state index contributed by atoms with van der Waals surface area (Å²) in [5.41, 5.74) is -1.47. The number of aliphatic carboxylic acids is 2. The van der Waals surface area contributed by atoms with Crippen molar-refractivity contribution < 1.29 is 24.6 Å². The molecule has 0 saturated heterocycles. The lowest BCUT2D eigenvalue weighted by Gasteiger charge is -2.46. The minimum Gasteiger partial charge on any atom is -0.481 e. The molecule has 0 radical (unpaired) electrons. The molecule has 1 unspecified atom stereocenters. The highest BCUT2D eigenvalue weighted by Crippen LogP contribution is 2.39. The Balaban J connectivity index is 6.03. The zero-order chi connectivity index (χ0) is 37.8. The van der Waals surface area contributed by atoms with Crippen molar-refractivity contribution in [1.29, 1.82) is 0 Å². The first-order valence-electron chi connectivity index (χ1n) is 22.6. The normalized spacial score (nSPS) is 13.3. The van der Waals surface area contributed by atoms with Crippen LogP contribution in [-0.2, 0) is 14.4 Å². The number of carbonyl (C=O) groups is 3. The van der Waals surface area contributed by atoms with E-state index in [-0.39, 0.29) is 12.3 Å². The second-order valence-electron chi connectivity index (χ2n) is 15.9. The summed E-state index contributed by atoms with van der Waals surface area (Å²) in [4.78, 5) is 42.2. The molecule has 1 amide bonds. The molecule has 0 saturated carbocycles. The molecule has 0 aliphatic heterocycles. The maximum atomic E-state index is 14.3. The zero-order valence-electron chi connectivity index (χ0n) is 34.6. The van der Waals surface area contributed by atoms with Gasteiger partial charge in [0.25, 0.3) is 0 Å². The Morgan fingerprint density at radius 1 is 0.471 bits per heavy atom. The fraction of sp³-hybridized carbons (Fsp3) is 0.933. The molecule has 6 heteroatoms. The number of carboxylic acids is 2. The average molecular weight is 722 g/mol. The van der Waals surface area contributed by atoms with Crippen LogP contribution in [0.3, 0.4) is 0 Å². The van der Waals surface area contributed by atoms with Gasteiger partial charge in [0.1, 0.15) is 5.54 Å². The minimum atomic E-state index is -1.47. The first-order valence-corrected chi connectivity index (χ1v) is 22.6. The molecule has 0 fully saturated rings. The number of carbonyl (C=O) groups excluding carboxylic acids is 1. The Morgan fingerprint density at radius 3 is 1.22 bits per heavy atom. The molecule has 51 heavy (non-hydrogen) atoms. The summed E-state index contributed by atoms with van der Waals surface area (Å²) in [5, 5.41) is 21.4. The van der Waals surface area contributed by atoms with Crippen molar-refractivity contribution >= 4 is 17.8 Å². The van der Waals surface area contributed by atoms with Crippen LogP contribution in [0.4, 0.5) is 0 Å². The third-order valence-corrected chi connectivity index (χ3v) is 11.3. The first-order chi connectivity index (χ1) is 24.8. The van der Waals surface area contributed by atoms with Gasteiger partial charge < -0.3 is 15.1 Å². The van der Waals surface area contributed by atoms with Crippen LogP contribution >= 0.6 is 0 Å². The Labute approximate surface area is 317 Å². The van der Waals surface area contributed by atoms with Gasteiger partial charge in [-0.15, -0.1) is 0 Å². The molecule has 0 aliphatic rings. The molecule has 2 N–H and O–H groups in total. The molecule has 0 aromatic heterocycles. The molecule has 302 valence electrons. The van der Waals surface area contributed by atoms with Gasteiger partial charge in [-0.3, -0.25) is 9.59 Å². The van der Waals surface area contributed by atoms with Crippen molar-refractivity contribution in [2.75, 3.05) is 6.54 Å². The highest BCUT2D eigenvalue weighted by molar-refractivity contribution is 5.88. The van der Waals surface area contributed by atoms with Gasteiger partial charge in [0.2, 0.25) is 5.91 Å². The number of unbranched alkanes of at least 4 members (excludes halogenated alkanes) is 27. The third kappa shape index (κ3) is 25.1. The van der Waals surface area contributed by atoms with Crippen LogP contribution in [0, 0.1) is 5.92 Å². The molecular weight excluding hydrogens is 634 g/mol. The highest BCUT2D eigenvalue weighted by atomic mass is 16.4. The number of amides is 1. The monoisotopic (exact) mass is 722 g/mol. The van der Waals surface area contributed by atoms with E-state index in [2.05, 4.69) is 27.7 Å². The number of hydrogen-bond acceptors (Lipinski definition) is 3. The number of rotatable bonds is 40. The number of carboxylic acid groups (broad SMARTS) is 2. The summed E-state index contributed by atoms with van der Waals surface area (Å²) in [6.07, 6.45) is 35.8. The third-order valence-electron chi connectivity index (χ3n) is 11.3. The SMILES string of the molecule is CCCCCCCCCCCCN(C(=O)CCCCCCCCCCC)[C@](CCCCCCCC)(C(=O)O)C(CCCCCCCC)CC(=O)O. The second kappa shape index (κ2) is 35.4. The van der Waals surface area contributed by atoms with Crippen molar-refractivity contribution in [3.05, 3.63) is 0 Å². The van der Waals surface area contributed by atoms with Gasteiger partial charge in [-0.05, 0) is 25.7 Å². The van der Waals surface area contributed by atoms with E-state index in [0.29, 0.717) is 32.2 Å². The van der Waals surface area contributed by atoms with Crippen LogP contribution < -0.4 is 0 Å². The number of nitrogens with zero attached hydrogens (tertiary/aromatic N) is 1. The lowest BCUT2D eigenvalue weighted by atomic mass is 9.73. The standard InChI is InChI=1S/C45H87NO5/c1-5-9-13-17-21-23-25-27-31-35-39-46(42(47)37-33-29-26-24-22-18-14-10-6-2)45(44(50)51,38-34-30-20-16-12-8-4)41(40-43(48)49)36-32-28-19-15-11-7-3/h41H,5-40H2,1-4H3,(H,48,49)(H,50,51)/t41?,45-/m0/s1. The Kier molecular flexibility index (Phi) is 34.3. The van der Waals surface area contributed by atoms with Crippen LogP contribution in [0.15, 0.2) is 0 Å². The fourth-order valence-corrected chi connectivity index (χ4v) is 8.05. The molecule has 0 heterocycles. The summed E-state index contributed by atoms with van der Waals surface area (Å²) in [6, 6.07) is 0. The van der Waals surface area contributed by atoms with Crippen molar-refractivity contribution in [1.82, 2.24) is 4.90 Å². The van der Waals surface area contributed by atoms with E-state index in [1.807, 2.05) is 0 Å². The predicted octanol–water partition coefficient (Wildman–Crippen LogP) is 14.1. The van der Waals surface area contributed by atoms with Crippen LogP contribution in [-0.4, -0.2) is 45.0 Å². The fourth-order valence-electron chi connectivity index (χ4n) is 8.05. The first kappa shape index (κ1) is 49.4. The van der Waals surface area contributed by atoms with Gasteiger partial charge in [-0.25, -0.2) is 4.79 Å². The maximum Gasteiger partial charge on any atom is 0.329 e. The topological polar surface area (TPSA) is 94.9 Å². The van der Waals surface area contributed by atoms with Crippen molar-refractivity contribution in [2.45, 2.75) is 258 Å². The molecule has 0 bridgehead atoms. The molecule has 6 nitrogen and oxygen atoms in total. The van der Waals surface area contributed by atoms with Crippen LogP contribution in [0.25, 0.3) is 0 Å². The average Bonchev–Trinajstić information content (AvgIpc) is 3.10. The van der Waals surface area contributed by atoms with E-state index in [4.69, 9.17) is 0 Å². The van der Waals surface area contributed by atoms with Gasteiger partial charge in [-0.2, -0.15) is 0 Å². The van der Waals surface area contributed by atoms with Gasteiger partial charge in [-0.1, -0.05) is 214 Å². The van der Waals surface area contributed by atoms with Crippen molar-refractivity contribution in [3.8, 4) is 0 Å². The van der Waals surface area contributed by atoms with Crippen LogP contribution in [0.5, 0.6) is 0 Å². The highest BCUT2D eigenvalue weighted by Gasteiger charge is 2.51. The maximum absolute atomic E-state index is 14.3. The molecular formula is C45H87NO5. The molecule has 0 rings (SSSR count). The molecule has 2 atom stereocenters. The Hall–Kier alpha value is -1.59. The lowest BCUT2D eigenvalue weighted by Crippen LogP contribution is -2.62. The summed E-state index contributed by atoms with van der Waals surface area (Å²) < 4.78 is 0. The van der Waals surface area contributed by atoms with E-state index in [1.165, 1.54) is 96.3 Å². The van der Waals surface area contributed by atoms with E-state index in [0.717, 1.165) is 96.3 Å². The molecule has 0 aliphatic carbocycles. The van der Waals surface area contributed by atoms with E-state index >= 15 is 0 Å². The summed E-state index contributed by atoms with van der Waals surface area (Å²) in [5.74, 6) is -2.60. The van der Waals surface area contributed by atoms with E-state index in [9.17, 15) is 24.6 Å². The van der Waals surface area contributed by atoms with Gasteiger partial charge in [0.15, 0.2) is 0 Å². The number of hydrogen-bond donors (Lipinski definition) is 2. The minimum absolute atomic E-state index is 0.0689. The molecule has 0 aromatic rings. The quantitative estimate of drug-likeness (QED) is 0.0614. The molecule has 0 aromatic carbocycles. The van der Waals surface area contributed by atoms with Crippen molar-refractivity contribution in [3.63, 3.8) is 0 Å². The summed E-state index contributed by atoms with van der Waals surface area (Å²) in [6.45, 7) is 9.29.